The van der Waals surface area contributed by atoms with E-state index in [9.17, 15) is 9.59 Å². The summed E-state index contributed by atoms with van der Waals surface area (Å²) in [6.07, 6.45) is 1.48. The van der Waals surface area contributed by atoms with Gasteiger partial charge in [-0.05, 0) is 35.4 Å². The highest BCUT2D eigenvalue weighted by molar-refractivity contribution is 8.00. The smallest absolute Gasteiger partial charge is 0.316 e. The first kappa shape index (κ1) is 20.3. The lowest BCUT2D eigenvalue weighted by Crippen LogP contribution is -2.22. The van der Waals surface area contributed by atoms with Crippen molar-refractivity contribution >= 4 is 50.9 Å². The van der Waals surface area contributed by atoms with Crippen LogP contribution in [-0.4, -0.2) is 34.2 Å². The normalized spacial score (nSPS) is 11.0. The maximum absolute atomic E-state index is 12.2. The first-order valence-corrected chi connectivity index (χ1v) is 10.7. The van der Waals surface area contributed by atoms with Crippen LogP contribution in [0.3, 0.4) is 0 Å². The largest absolute Gasteiger partial charge is 0.455 e. The van der Waals surface area contributed by atoms with Crippen molar-refractivity contribution in [3.63, 3.8) is 0 Å². The van der Waals surface area contributed by atoms with E-state index in [4.69, 9.17) is 4.74 Å². The van der Waals surface area contributed by atoms with Gasteiger partial charge in [-0.15, -0.1) is 11.3 Å². The zero-order chi connectivity index (χ0) is 20.1. The van der Waals surface area contributed by atoms with Crippen molar-refractivity contribution in [2.24, 2.45) is 0 Å². The van der Waals surface area contributed by atoms with Crippen molar-refractivity contribution in [1.29, 1.82) is 0 Å². The summed E-state index contributed by atoms with van der Waals surface area (Å²) in [5, 5.41) is 6.45. The second-order valence-corrected chi connectivity index (χ2v) is 8.37. The number of nitrogens with one attached hydrogen (secondary N) is 1. The number of anilines is 1. The molecule has 0 saturated carbocycles. The molecule has 8 heteroatoms. The number of hydrogen-bond acceptors (Lipinski definition) is 7. The molecule has 0 atom stereocenters. The molecule has 1 N–H and O–H groups in total. The number of thiophene rings is 1. The molecule has 28 heavy (non-hydrogen) atoms. The van der Waals surface area contributed by atoms with E-state index in [2.05, 4.69) is 29.1 Å². The summed E-state index contributed by atoms with van der Waals surface area (Å²) < 4.78 is 5.12. The number of ether oxygens (including phenoxy) is 1. The maximum atomic E-state index is 12.2. The zero-order valence-electron chi connectivity index (χ0n) is 15.9. The highest BCUT2D eigenvalue weighted by Crippen LogP contribution is 2.28. The van der Waals surface area contributed by atoms with Gasteiger partial charge in [0.25, 0.3) is 5.91 Å². The number of amides is 1. The van der Waals surface area contributed by atoms with Crippen LogP contribution in [0.4, 0.5) is 5.69 Å². The highest BCUT2D eigenvalue weighted by Gasteiger charge is 2.14. The van der Waals surface area contributed by atoms with E-state index in [1.807, 2.05) is 36.6 Å². The summed E-state index contributed by atoms with van der Waals surface area (Å²) in [6, 6.07) is 7.82. The van der Waals surface area contributed by atoms with Crippen LogP contribution in [0.2, 0.25) is 0 Å². The second kappa shape index (κ2) is 9.16. The molecule has 0 saturated heterocycles. The maximum Gasteiger partial charge on any atom is 0.316 e. The summed E-state index contributed by atoms with van der Waals surface area (Å²) in [6.45, 7) is 5.76. The Bertz CT molecular complexity index is 1000. The molecule has 0 aliphatic rings. The first-order chi connectivity index (χ1) is 13.5. The SMILES string of the molecule is Cc1cccc(C(C)C)c1NC(=O)COC(=O)CSc1ncnc2sccc12. The van der Waals surface area contributed by atoms with E-state index >= 15 is 0 Å². The predicted octanol–water partition coefficient (Wildman–Crippen LogP) is 4.40. The molecule has 0 radical (unpaired) electrons. The van der Waals surface area contributed by atoms with Gasteiger partial charge in [-0.1, -0.05) is 43.8 Å². The summed E-state index contributed by atoms with van der Waals surface area (Å²) >= 11 is 2.80. The fourth-order valence-corrected chi connectivity index (χ4v) is 4.29. The monoisotopic (exact) mass is 415 g/mol. The number of hydrogen-bond donors (Lipinski definition) is 1. The number of carbonyl (C=O) groups excluding carboxylic acids is 2. The second-order valence-electron chi connectivity index (χ2n) is 6.51. The lowest BCUT2D eigenvalue weighted by molar-refractivity contribution is -0.144. The van der Waals surface area contributed by atoms with Crippen molar-refractivity contribution < 1.29 is 14.3 Å². The summed E-state index contributed by atoms with van der Waals surface area (Å²) in [7, 11) is 0. The van der Waals surface area contributed by atoms with Gasteiger partial charge in [0.2, 0.25) is 0 Å². The molecule has 0 fully saturated rings. The van der Waals surface area contributed by atoms with Crippen molar-refractivity contribution in [2.45, 2.75) is 31.7 Å². The Morgan fingerprint density at radius 1 is 1.25 bits per heavy atom. The Balaban J connectivity index is 1.52. The average molecular weight is 416 g/mol. The molecular formula is C20H21N3O3S2. The van der Waals surface area contributed by atoms with Gasteiger partial charge in [-0.3, -0.25) is 9.59 Å². The third kappa shape index (κ3) is 4.88. The van der Waals surface area contributed by atoms with Crippen LogP contribution in [0.1, 0.15) is 30.9 Å². The zero-order valence-corrected chi connectivity index (χ0v) is 17.5. The van der Waals surface area contributed by atoms with Crippen molar-refractivity contribution in [3.05, 3.63) is 47.1 Å². The molecule has 1 aromatic carbocycles. The Morgan fingerprint density at radius 3 is 2.86 bits per heavy atom. The van der Waals surface area contributed by atoms with Crippen molar-refractivity contribution in [3.8, 4) is 0 Å². The number of esters is 1. The van der Waals surface area contributed by atoms with E-state index in [0.29, 0.717) is 0 Å². The molecule has 146 valence electrons. The van der Waals surface area contributed by atoms with Gasteiger partial charge >= 0.3 is 5.97 Å². The van der Waals surface area contributed by atoms with Crippen molar-refractivity contribution in [1.82, 2.24) is 9.97 Å². The summed E-state index contributed by atoms with van der Waals surface area (Å²) in [5.74, 6) is -0.458. The van der Waals surface area contributed by atoms with Gasteiger partial charge in [0.05, 0.1) is 5.75 Å². The number of para-hydroxylation sites is 1. The first-order valence-electron chi connectivity index (χ1n) is 8.81. The van der Waals surface area contributed by atoms with E-state index < -0.39 is 5.97 Å². The van der Waals surface area contributed by atoms with E-state index in [-0.39, 0.29) is 24.2 Å². The number of nitrogens with zero attached hydrogens (tertiary/aromatic N) is 2. The van der Waals surface area contributed by atoms with Crippen LogP contribution in [-0.2, 0) is 14.3 Å². The Kier molecular flexibility index (Phi) is 6.64. The van der Waals surface area contributed by atoms with Crippen LogP contribution >= 0.6 is 23.1 Å². The molecule has 6 nitrogen and oxygen atoms in total. The molecular weight excluding hydrogens is 394 g/mol. The predicted molar refractivity (Wildman–Crippen MR) is 113 cm³/mol. The van der Waals surface area contributed by atoms with E-state index in [1.54, 1.807) is 0 Å². The van der Waals surface area contributed by atoms with Gasteiger partial charge in [0.15, 0.2) is 6.61 Å². The van der Waals surface area contributed by atoms with Gasteiger partial charge in [0.1, 0.15) is 16.2 Å². The van der Waals surface area contributed by atoms with Gasteiger partial charge in [-0.25, -0.2) is 9.97 Å². The third-order valence-electron chi connectivity index (χ3n) is 4.11. The number of aromatic nitrogens is 2. The van der Waals surface area contributed by atoms with Crippen LogP contribution in [0.5, 0.6) is 0 Å². The average Bonchev–Trinajstić information content (AvgIpc) is 3.15. The highest BCUT2D eigenvalue weighted by atomic mass is 32.2. The van der Waals surface area contributed by atoms with Crippen LogP contribution < -0.4 is 5.32 Å². The fourth-order valence-electron chi connectivity index (χ4n) is 2.72. The number of rotatable bonds is 7. The minimum Gasteiger partial charge on any atom is -0.455 e. The Morgan fingerprint density at radius 2 is 2.07 bits per heavy atom. The van der Waals surface area contributed by atoms with Gasteiger partial charge in [0, 0.05) is 11.1 Å². The number of carbonyl (C=O) groups is 2. The van der Waals surface area contributed by atoms with Gasteiger partial charge < -0.3 is 10.1 Å². The summed E-state index contributed by atoms with van der Waals surface area (Å²) in [5.41, 5.74) is 2.82. The molecule has 3 aromatic rings. The number of fused-ring (bicyclic) bond motifs is 1. The molecule has 0 unspecified atom stereocenters. The lowest BCUT2D eigenvalue weighted by atomic mass is 9.98. The molecule has 0 aliphatic heterocycles. The number of aryl methyl sites for hydroxylation is 1. The summed E-state index contributed by atoms with van der Waals surface area (Å²) in [4.78, 5) is 33.5. The van der Waals surface area contributed by atoms with E-state index in [0.717, 1.165) is 32.1 Å². The minimum absolute atomic E-state index is 0.0802. The standard InChI is InChI=1S/C20H21N3O3S2/c1-12(2)14-6-4-5-13(3)18(14)23-16(24)9-26-17(25)10-28-20-15-7-8-27-19(15)21-11-22-20/h4-8,11-12H,9-10H2,1-3H3,(H,23,24). The number of benzene rings is 1. The molecule has 1 amide bonds. The molecule has 0 spiro atoms. The molecule has 2 heterocycles. The molecule has 3 rings (SSSR count). The quantitative estimate of drug-likeness (QED) is 0.350. The van der Waals surface area contributed by atoms with Crippen LogP contribution in [0.25, 0.3) is 10.2 Å². The topological polar surface area (TPSA) is 81.2 Å². The van der Waals surface area contributed by atoms with Crippen LogP contribution in [0, 0.1) is 6.92 Å². The minimum atomic E-state index is -0.462. The molecule has 0 aliphatic carbocycles. The van der Waals surface area contributed by atoms with E-state index in [1.165, 1.54) is 29.4 Å². The number of thioether (sulfide) groups is 1. The Labute approximate surface area is 171 Å². The van der Waals surface area contributed by atoms with Crippen LogP contribution in [0.15, 0.2) is 41.0 Å². The Hall–Kier alpha value is -2.45. The lowest BCUT2D eigenvalue weighted by Gasteiger charge is -2.16. The van der Waals surface area contributed by atoms with Gasteiger partial charge in [-0.2, -0.15) is 0 Å². The molecule has 0 bridgehead atoms. The molecule has 2 aromatic heterocycles. The van der Waals surface area contributed by atoms with Crippen molar-refractivity contribution in [2.75, 3.05) is 17.7 Å². The fraction of sp³-hybridized carbons (Fsp3) is 0.300. The third-order valence-corrected chi connectivity index (χ3v) is 5.91.